The lowest BCUT2D eigenvalue weighted by Crippen LogP contribution is -2.50. The molecule has 5 rings (SSSR count). The number of aromatic nitrogens is 3. The molecule has 164 valence electrons. The zero-order valence-corrected chi connectivity index (χ0v) is 17.3. The summed E-state index contributed by atoms with van der Waals surface area (Å²) in [6.45, 7) is -0.0502. The second-order valence-corrected chi connectivity index (χ2v) is 8.07. The molecular formula is C23H21FN4O4. The molecule has 1 aliphatic rings. The fourth-order valence-corrected chi connectivity index (χ4v) is 3.90. The van der Waals surface area contributed by atoms with Crippen LogP contribution in [0.15, 0.2) is 58.3 Å². The lowest BCUT2D eigenvalue weighted by Gasteiger charge is -2.32. The minimum Gasteiger partial charge on any atom is -0.463 e. The van der Waals surface area contributed by atoms with Crippen LogP contribution in [0, 0.1) is 5.82 Å². The number of aliphatic hydroxyl groups is 1. The summed E-state index contributed by atoms with van der Waals surface area (Å²) in [6, 6.07) is 5.95. The van der Waals surface area contributed by atoms with Crippen molar-refractivity contribution in [2.24, 2.45) is 7.05 Å². The Bertz CT molecular complexity index is 1390. The van der Waals surface area contributed by atoms with Crippen molar-refractivity contribution in [3.05, 3.63) is 76.4 Å². The Labute approximate surface area is 181 Å². The van der Waals surface area contributed by atoms with Crippen LogP contribution in [-0.2, 0) is 13.6 Å². The Morgan fingerprint density at radius 2 is 2.12 bits per heavy atom. The smallest absolute Gasteiger partial charge is 0.262 e. The number of halogens is 1. The number of fused-ring (bicyclic) bond motifs is 1. The maximum atomic E-state index is 14.9. The Balaban J connectivity index is 1.48. The van der Waals surface area contributed by atoms with Gasteiger partial charge in [-0.3, -0.25) is 14.3 Å². The molecule has 4 aromatic rings. The lowest BCUT2D eigenvalue weighted by molar-refractivity contribution is 0.0447. The monoisotopic (exact) mass is 436 g/mol. The molecule has 0 radical (unpaired) electrons. The lowest BCUT2D eigenvalue weighted by atomic mass is 9.89. The van der Waals surface area contributed by atoms with Gasteiger partial charge in [0.25, 0.3) is 11.5 Å². The number of aryl methyl sites for hydroxylation is 1. The number of carbonyl (C=O) groups is 1. The number of hydrogen-bond donors (Lipinski definition) is 2. The number of carbonyl (C=O) groups excluding carboxylic acids is 1. The molecule has 8 nitrogen and oxygen atoms in total. The third kappa shape index (κ3) is 3.50. The van der Waals surface area contributed by atoms with Gasteiger partial charge in [-0.05, 0) is 30.5 Å². The average Bonchev–Trinajstić information content (AvgIpc) is 3.43. The molecule has 1 aliphatic carbocycles. The Morgan fingerprint density at radius 1 is 1.28 bits per heavy atom. The van der Waals surface area contributed by atoms with E-state index in [2.05, 4.69) is 10.4 Å². The van der Waals surface area contributed by atoms with Gasteiger partial charge in [0.15, 0.2) is 5.58 Å². The third-order valence-electron chi connectivity index (χ3n) is 5.92. The molecule has 32 heavy (non-hydrogen) atoms. The summed E-state index contributed by atoms with van der Waals surface area (Å²) in [4.78, 5) is 25.7. The second kappa shape index (κ2) is 7.76. The van der Waals surface area contributed by atoms with Gasteiger partial charge in [0.1, 0.15) is 5.82 Å². The Kier molecular flexibility index (Phi) is 4.90. The summed E-state index contributed by atoms with van der Waals surface area (Å²) >= 11 is 0. The number of aliphatic hydroxyl groups excluding tert-OH is 1. The van der Waals surface area contributed by atoms with Crippen LogP contribution < -0.4 is 10.9 Å². The van der Waals surface area contributed by atoms with E-state index in [4.69, 9.17) is 4.42 Å². The van der Waals surface area contributed by atoms with Crippen molar-refractivity contribution in [1.29, 1.82) is 0 Å². The van der Waals surface area contributed by atoms with Gasteiger partial charge < -0.3 is 19.4 Å². The molecule has 0 saturated heterocycles. The van der Waals surface area contributed by atoms with Crippen molar-refractivity contribution in [1.82, 2.24) is 19.7 Å². The largest absolute Gasteiger partial charge is 0.463 e. The molecule has 0 bridgehead atoms. The summed E-state index contributed by atoms with van der Waals surface area (Å²) in [7, 11) is 1.78. The van der Waals surface area contributed by atoms with Gasteiger partial charge in [-0.15, -0.1) is 0 Å². The molecule has 2 atom stereocenters. The number of pyridine rings is 1. The van der Waals surface area contributed by atoms with Crippen LogP contribution in [0.3, 0.4) is 0 Å². The van der Waals surface area contributed by atoms with Crippen LogP contribution in [-0.4, -0.2) is 37.5 Å². The molecule has 3 heterocycles. The molecule has 1 amide bonds. The highest BCUT2D eigenvalue weighted by atomic mass is 19.1. The van der Waals surface area contributed by atoms with Crippen LogP contribution in [0.1, 0.15) is 28.8 Å². The van der Waals surface area contributed by atoms with E-state index in [1.54, 1.807) is 36.3 Å². The number of nitrogens with zero attached hydrogens (tertiary/aromatic N) is 3. The molecular weight excluding hydrogens is 415 g/mol. The summed E-state index contributed by atoms with van der Waals surface area (Å²) in [5.41, 5.74) is 1.72. The quantitative estimate of drug-likeness (QED) is 0.500. The zero-order valence-electron chi connectivity index (χ0n) is 17.3. The standard InChI is InChI=1S/C23H21FN4O4/c1-27-10-15(9-25-27)13-2-3-14(18(24)8-13)11-28-12-17(21-16(23(28)31)6-7-32-21)22(30)26-19-4-5-20(19)29/h2-3,6-10,12,19-20,29H,4-5,11H2,1H3,(H,26,30)/t19-,20-/m0/s1. The summed E-state index contributed by atoms with van der Waals surface area (Å²) in [5, 5.41) is 16.9. The van der Waals surface area contributed by atoms with Crippen LogP contribution >= 0.6 is 0 Å². The van der Waals surface area contributed by atoms with E-state index in [1.807, 2.05) is 0 Å². The van der Waals surface area contributed by atoms with E-state index < -0.39 is 17.8 Å². The van der Waals surface area contributed by atoms with Crippen molar-refractivity contribution in [3.8, 4) is 11.1 Å². The maximum Gasteiger partial charge on any atom is 0.262 e. The first-order valence-electron chi connectivity index (χ1n) is 10.3. The van der Waals surface area contributed by atoms with Crippen molar-refractivity contribution >= 4 is 16.9 Å². The third-order valence-corrected chi connectivity index (χ3v) is 5.92. The van der Waals surface area contributed by atoms with Crippen molar-refractivity contribution in [3.63, 3.8) is 0 Å². The van der Waals surface area contributed by atoms with Gasteiger partial charge >= 0.3 is 0 Å². The SMILES string of the molecule is Cn1cc(-c2ccc(Cn3cc(C(=O)N[C@H]4CC[C@@H]4O)c4occc4c3=O)c(F)c2)cn1. The van der Waals surface area contributed by atoms with Crippen molar-refractivity contribution in [2.45, 2.75) is 31.5 Å². The van der Waals surface area contributed by atoms with Gasteiger partial charge in [-0.1, -0.05) is 12.1 Å². The van der Waals surface area contributed by atoms with Gasteiger partial charge in [0.2, 0.25) is 0 Å². The molecule has 3 aromatic heterocycles. The Hall–Kier alpha value is -3.72. The van der Waals surface area contributed by atoms with E-state index in [0.717, 1.165) is 5.56 Å². The minimum absolute atomic E-state index is 0.0502. The van der Waals surface area contributed by atoms with E-state index in [0.29, 0.717) is 24.0 Å². The first-order chi connectivity index (χ1) is 15.4. The number of amides is 1. The fourth-order valence-electron chi connectivity index (χ4n) is 3.90. The van der Waals surface area contributed by atoms with Gasteiger partial charge in [0.05, 0.1) is 42.1 Å². The predicted molar refractivity (Wildman–Crippen MR) is 115 cm³/mol. The number of benzene rings is 1. The molecule has 2 N–H and O–H groups in total. The molecule has 1 saturated carbocycles. The predicted octanol–water partition coefficient (Wildman–Crippen LogP) is 2.44. The van der Waals surface area contributed by atoms with Crippen molar-refractivity contribution < 1.29 is 18.7 Å². The highest BCUT2D eigenvalue weighted by Crippen LogP contribution is 2.24. The number of nitrogens with one attached hydrogen (secondary N) is 1. The van der Waals surface area contributed by atoms with Gasteiger partial charge in [0, 0.05) is 30.6 Å². The average molecular weight is 436 g/mol. The van der Waals surface area contributed by atoms with E-state index in [1.165, 1.54) is 29.2 Å². The summed E-state index contributed by atoms with van der Waals surface area (Å²) < 4.78 is 23.2. The molecule has 1 aromatic carbocycles. The van der Waals surface area contributed by atoms with Gasteiger partial charge in [-0.2, -0.15) is 5.10 Å². The minimum atomic E-state index is -0.579. The topological polar surface area (TPSA) is 102 Å². The highest BCUT2D eigenvalue weighted by Gasteiger charge is 2.31. The van der Waals surface area contributed by atoms with Crippen molar-refractivity contribution in [2.75, 3.05) is 0 Å². The maximum absolute atomic E-state index is 14.9. The Morgan fingerprint density at radius 3 is 2.78 bits per heavy atom. The highest BCUT2D eigenvalue weighted by molar-refractivity contribution is 6.04. The normalized spacial score (nSPS) is 18.0. The number of rotatable bonds is 5. The molecule has 9 heteroatoms. The fraction of sp³-hybridized carbons (Fsp3) is 0.261. The molecule has 0 unspecified atom stereocenters. The van der Waals surface area contributed by atoms with E-state index in [9.17, 15) is 19.1 Å². The van der Waals surface area contributed by atoms with Crippen LogP contribution in [0.2, 0.25) is 0 Å². The molecule has 0 spiro atoms. The van der Waals surface area contributed by atoms with E-state index in [-0.39, 0.29) is 34.7 Å². The molecule has 1 fully saturated rings. The van der Waals surface area contributed by atoms with E-state index >= 15 is 0 Å². The van der Waals surface area contributed by atoms with Gasteiger partial charge in [-0.25, -0.2) is 4.39 Å². The van der Waals surface area contributed by atoms with Crippen LogP contribution in [0.5, 0.6) is 0 Å². The second-order valence-electron chi connectivity index (χ2n) is 8.07. The van der Waals surface area contributed by atoms with Crippen LogP contribution in [0.25, 0.3) is 22.1 Å². The first kappa shape index (κ1) is 20.2. The van der Waals surface area contributed by atoms with Crippen LogP contribution in [0.4, 0.5) is 4.39 Å². The zero-order chi connectivity index (χ0) is 22.4. The number of furan rings is 1. The first-order valence-corrected chi connectivity index (χ1v) is 10.3. The summed E-state index contributed by atoms with van der Waals surface area (Å²) in [6.07, 6.45) is 6.89. The molecule has 0 aliphatic heterocycles. The summed E-state index contributed by atoms with van der Waals surface area (Å²) in [5.74, 6) is -0.913. The number of hydrogen-bond acceptors (Lipinski definition) is 5.